The minimum Gasteiger partial charge on any atom is -0.493 e. The third-order valence-electron chi connectivity index (χ3n) is 4.33. The molecule has 0 radical (unpaired) electrons. The van der Waals surface area contributed by atoms with Gasteiger partial charge in [-0.1, -0.05) is 12.1 Å². The molecule has 110 valence electrons. The van der Waals surface area contributed by atoms with Gasteiger partial charge in [-0.2, -0.15) is 0 Å². The van der Waals surface area contributed by atoms with Gasteiger partial charge in [-0.05, 0) is 75.5 Å². The molecule has 0 amide bonds. The van der Waals surface area contributed by atoms with Gasteiger partial charge in [0.25, 0.3) is 0 Å². The van der Waals surface area contributed by atoms with Crippen molar-refractivity contribution in [2.24, 2.45) is 0 Å². The lowest BCUT2D eigenvalue weighted by Crippen LogP contribution is -2.24. The summed E-state index contributed by atoms with van der Waals surface area (Å²) in [5.41, 5.74) is 2.77. The Kier molecular flexibility index (Phi) is 4.93. The summed E-state index contributed by atoms with van der Waals surface area (Å²) >= 11 is 0. The van der Waals surface area contributed by atoms with Crippen LogP contribution < -0.4 is 10.1 Å². The fraction of sp³-hybridized carbons (Fsp3) is 0.647. The zero-order valence-electron chi connectivity index (χ0n) is 12.4. The standard InChI is InChI=1S/C17H26N2O/c1-2-10-19(9-1)11-4-8-18-14-15-6-7-17-16(13-15)5-3-12-20-17/h6-7,13,18H,1-5,8-12,14H2. The number of rotatable bonds is 6. The maximum Gasteiger partial charge on any atom is 0.122 e. The number of hydrogen-bond acceptors (Lipinski definition) is 3. The second kappa shape index (κ2) is 7.09. The molecular weight excluding hydrogens is 248 g/mol. The summed E-state index contributed by atoms with van der Waals surface area (Å²) in [7, 11) is 0. The highest BCUT2D eigenvalue weighted by molar-refractivity contribution is 5.38. The third-order valence-corrected chi connectivity index (χ3v) is 4.33. The molecule has 20 heavy (non-hydrogen) atoms. The lowest BCUT2D eigenvalue weighted by atomic mass is 10.0. The first-order valence-corrected chi connectivity index (χ1v) is 8.09. The molecule has 3 heteroatoms. The highest BCUT2D eigenvalue weighted by atomic mass is 16.5. The van der Waals surface area contributed by atoms with E-state index in [1.54, 1.807) is 0 Å². The first-order chi connectivity index (χ1) is 9.92. The molecule has 1 aromatic rings. The Bertz CT molecular complexity index is 427. The van der Waals surface area contributed by atoms with Crippen molar-refractivity contribution >= 4 is 0 Å². The number of aryl methyl sites for hydroxylation is 1. The second-order valence-electron chi connectivity index (χ2n) is 5.97. The van der Waals surface area contributed by atoms with Crippen LogP contribution in [0.5, 0.6) is 5.75 Å². The minimum atomic E-state index is 0.876. The van der Waals surface area contributed by atoms with Crippen molar-refractivity contribution in [3.05, 3.63) is 29.3 Å². The zero-order chi connectivity index (χ0) is 13.6. The molecule has 3 nitrogen and oxygen atoms in total. The van der Waals surface area contributed by atoms with E-state index in [9.17, 15) is 0 Å². The Morgan fingerprint density at radius 1 is 1.15 bits per heavy atom. The quantitative estimate of drug-likeness (QED) is 0.807. The van der Waals surface area contributed by atoms with Gasteiger partial charge in [-0.15, -0.1) is 0 Å². The van der Waals surface area contributed by atoms with Crippen molar-refractivity contribution in [3.63, 3.8) is 0 Å². The topological polar surface area (TPSA) is 24.5 Å². The first kappa shape index (κ1) is 13.9. The summed E-state index contributed by atoms with van der Waals surface area (Å²) < 4.78 is 5.65. The minimum absolute atomic E-state index is 0.876. The zero-order valence-corrected chi connectivity index (χ0v) is 12.4. The summed E-state index contributed by atoms with van der Waals surface area (Å²) in [6.07, 6.45) is 6.36. The molecular formula is C17H26N2O. The molecule has 0 bridgehead atoms. The van der Waals surface area contributed by atoms with Gasteiger partial charge < -0.3 is 15.0 Å². The molecule has 0 unspecified atom stereocenters. The van der Waals surface area contributed by atoms with Crippen LogP contribution >= 0.6 is 0 Å². The Balaban J connectivity index is 1.37. The summed E-state index contributed by atoms with van der Waals surface area (Å²) in [5, 5.41) is 3.56. The lowest BCUT2D eigenvalue weighted by Gasteiger charge is -2.18. The maximum absolute atomic E-state index is 5.65. The average molecular weight is 274 g/mol. The van der Waals surface area contributed by atoms with Crippen LogP contribution in [0.1, 0.15) is 36.8 Å². The number of benzene rings is 1. The summed E-state index contributed by atoms with van der Waals surface area (Å²) in [4.78, 5) is 2.58. The highest BCUT2D eigenvalue weighted by Crippen LogP contribution is 2.25. The Morgan fingerprint density at radius 2 is 2.05 bits per heavy atom. The average Bonchev–Trinajstić information content (AvgIpc) is 3.00. The number of likely N-dealkylation sites (tertiary alicyclic amines) is 1. The van der Waals surface area contributed by atoms with E-state index in [-0.39, 0.29) is 0 Å². The highest BCUT2D eigenvalue weighted by Gasteiger charge is 2.11. The predicted octanol–water partition coefficient (Wildman–Crippen LogP) is 2.59. The van der Waals surface area contributed by atoms with Gasteiger partial charge in [-0.25, -0.2) is 0 Å². The molecule has 2 aliphatic rings. The van der Waals surface area contributed by atoms with Crippen molar-refractivity contribution in [2.45, 2.75) is 38.6 Å². The summed E-state index contributed by atoms with van der Waals surface area (Å²) in [5.74, 6) is 1.09. The van der Waals surface area contributed by atoms with Crippen LogP contribution in [0.15, 0.2) is 18.2 Å². The normalized spacial score (nSPS) is 18.8. The van der Waals surface area contributed by atoms with E-state index in [1.165, 1.54) is 50.0 Å². The molecule has 1 N–H and O–H groups in total. The molecule has 2 heterocycles. The predicted molar refractivity (Wildman–Crippen MR) is 82.3 cm³/mol. The number of nitrogens with one attached hydrogen (secondary N) is 1. The molecule has 0 atom stereocenters. The van der Waals surface area contributed by atoms with E-state index in [0.717, 1.165) is 38.3 Å². The van der Waals surface area contributed by atoms with Gasteiger partial charge in [0, 0.05) is 6.54 Å². The van der Waals surface area contributed by atoms with Crippen molar-refractivity contribution in [1.82, 2.24) is 10.2 Å². The molecule has 0 saturated carbocycles. The van der Waals surface area contributed by atoms with Gasteiger partial charge in [0.2, 0.25) is 0 Å². The van der Waals surface area contributed by atoms with Crippen LogP contribution in [-0.2, 0) is 13.0 Å². The van der Waals surface area contributed by atoms with E-state index >= 15 is 0 Å². The van der Waals surface area contributed by atoms with Crippen molar-refractivity contribution in [3.8, 4) is 5.75 Å². The molecule has 2 aliphatic heterocycles. The fourth-order valence-electron chi connectivity index (χ4n) is 3.19. The van der Waals surface area contributed by atoms with Gasteiger partial charge in [0.1, 0.15) is 5.75 Å². The SMILES string of the molecule is c1cc2c(cc1CNCCCN1CCCC1)CCCO2. The number of fused-ring (bicyclic) bond motifs is 1. The van der Waals surface area contributed by atoms with Crippen LogP contribution in [0.25, 0.3) is 0 Å². The molecule has 3 rings (SSSR count). The fourth-order valence-corrected chi connectivity index (χ4v) is 3.19. The van der Waals surface area contributed by atoms with E-state index in [4.69, 9.17) is 4.74 Å². The monoisotopic (exact) mass is 274 g/mol. The Labute approximate surface area is 122 Å². The maximum atomic E-state index is 5.65. The van der Waals surface area contributed by atoms with Crippen LogP contribution in [0.3, 0.4) is 0 Å². The summed E-state index contributed by atoms with van der Waals surface area (Å²) in [6.45, 7) is 6.85. The van der Waals surface area contributed by atoms with Gasteiger partial charge >= 0.3 is 0 Å². The third kappa shape index (κ3) is 3.74. The molecule has 0 spiro atoms. The van der Waals surface area contributed by atoms with Crippen LogP contribution in [0.4, 0.5) is 0 Å². The van der Waals surface area contributed by atoms with Gasteiger partial charge in [0.15, 0.2) is 0 Å². The van der Waals surface area contributed by atoms with Crippen LogP contribution in [-0.4, -0.2) is 37.7 Å². The Morgan fingerprint density at radius 3 is 2.95 bits per heavy atom. The smallest absolute Gasteiger partial charge is 0.122 e. The largest absolute Gasteiger partial charge is 0.493 e. The lowest BCUT2D eigenvalue weighted by molar-refractivity contribution is 0.288. The van der Waals surface area contributed by atoms with E-state index in [1.807, 2.05) is 0 Å². The summed E-state index contributed by atoms with van der Waals surface area (Å²) in [6, 6.07) is 6.63. The van der Waals surface area contributed by atoms with Crippen LogP contribution in [0, 0.1) is 0 Å². The molecule has 1 fully saturated rings. The Hall–Kier alpha value is -1.06. The van der Waals surface area contributed by atoms with Crippen molar-refractivity contribution < 1.29 is 4.74 Å². The van der Waals surface area contributed by atoms with Crippen LogP contribution in [0.2, 0.25) is 0 Å². The van der Waals surface area contributed by atoms with Crippen molar-refractivity contribution in [2.75, 3.05) is 32.8 Å². The molecule has 0 aromatic heterocycles. The first-order valence-electron chi connectivity index (χ1n) is 8.09. The molecule has 1 aromatic carbocycles. The van der Waals surface area contributed by atoms with Crippen molar-refractivity contribution in [1.29, 1.82) is 0 Å². The second-order valence-corrected chi connectivity index (χ2v) is 5.97. The number of hydrogen-bond donors (Lipinski definition) is 1. The van der Waals surface area contributed by atoms with E-state index in [0.29, 0.717) is 0 Å². The molecule has 0 aliphatic carbocycles. The van der Waals surface area contributed by atoms with Gasteiger partial charge in [-0.3, -0.25) is 0 Å². The van der Waals surface area contributed by atoms with E-state index in [2.05, 4.69) is 28.4 Å². The number of ether oxygens (including phenoxy) is 1. The number of nitrogens with zero attached hydrogens (tertiary/aromatic N) is 1. The molecule has 1 saturated heterocycles. The van der Waals surface area contributed by atoms with E-state index < -0.39 is 0 Å². The van der Waals surface area contributed by atoms with Gasteiger partial charge in [0.05, 0.1) is 6.61 Å².